The van der Waals surface area contributed by atoms with E-state index < -0.39 is 0 Å². The van der Waals surface area contributed by atoms with E-state index in [1.54, 1.807) is 0 Å². The van der Waals surface area contributed by atoms with Gasteiger partial charge in [0.25, 0.3) is 0 Å². The van der Waals surface area contributed by atoms with E-state index in [-0.39, 0.29) is 0 Å². The van der Waals surface area contributed by atoms with Crippen LogP contribution in [0.1, 0.15) is 43.2 Å². The van der Waals surface area contributed by atoms with Gasteiger partial charge >= 0.3 is 0 Å². The highest BCUT2D eigenvalue weighted by molar-refractivity contribution is 5.84. The van der Waals surface area contributed by atoms with Crippen LogP contribution in [0.25, 0.3) is 0 Å². The molecule has 0 bridgehead atoms. The van der Waals surface area contributed by atoms with Gasteiger partial charge in [-0.2, -0.15) is 0 Å². The summed E-state index contributed by atoms with van der Waals surface area (Å²) in [7, 11) is 0. The lowest BCUT2D eigenvalue weighted by molar-refractivity contribution is 0.0132. The first kappa shape index (κ1) is 10.8. The summed E-state index contributed by atoms with van der Waals surface area (Å²) in [6, 6.07) is 6.29. The molecular formula is C15H19NO. The molecule has 90 valence electrons. The Morgan fingerprint density at radius 1 is 1.35 bits per heavy atom. The van der Waals surface area contributed by atoms with Crippen LogP contribution in [0.2, 0.25) is 0 Å². The van der Waals surface area contributed by atoms with Crippen molar-refractivity contribution in [2.24, 2.45) is 10.4 Å². The maximum atomic E-state index is 9.87. The van der Waals surface area contributed by atoms with Crippen molar-refractivity contribution in [2.75, 3.05) is 0 Å². The maximum Gasteiger partial charge on any atom is 0.127 e. The summed E-state index contributed by atoms with van der Waals surface area (Å²) in [5, 5.41) is 9.87. The minimum Gasteiger partial charge on any atom is -0.507 e. The van der Waals surface area contributed by atoms with Gasteiger partial charge in [-0.05, 0) is 49.7 Å². The Hall–Kier alpha value is -1.31. The van der Waals surface area contributed by atoms with Gasteiger partial charge in [0.05, 0.1) is 6.04 Å². The summed E-state index contributed by atoms with van der Waals surface area (Å²) < 4.78 is 0. The third-order valence-electron chi connectivity index (χ3n) is 4.44. The number of benzene rings is 1. The third-order valence-corrected chi connectivity index (χ3v) is 4.44. The van der Waals surface area contributed by atoms with Gasteiger partial charge in [-0.3, -0.25) is 4.99 Å². The molecule has 0 heterocycles. The Labute approximate surface area is 102 Å². The van der Waals surface area contributed by atoms with Crippen LogP contribution in [0.15, 0.2) is 23.2 Å². The van der Waals surface area contributed by atoms with Crippen LogP contribution in [-0.2, 0) is 0 Å². The molecule has 2 aliphatic carbocycles. The average molecular weight is 229 g/mol. The zero-order valence-electron chi connectivity index (χ0n) is 10.3. The van der Waals surface area contributed by atoms with Crippen molar-refractivity contribution in [3.8, 4) is 5.75 Å². The molecule has 1 spiro atoms. The number of hydrogen-bond acceptors (Lipinski definition) is 2. The fraction of sp³-hybridized carbons (Fsp3) is 0.533. The van der Waals surface area contributed by atoms with Crippen molar-refractivity contribution < 1.29 is 5.11 Å². The van der Waals surface area contributed by atoms with Crippen molar-refractivity contribution in [2.45, 2.75) is 45.1 Å². The molecule has 0 saturated heterocycles. The number of phenolic OH excluding ortho intramolecular Hbond substituents is 1. The molecule has 2 saturated carbocycles. The molecule has 0 aliphatic heterocycles. The SMILES string of the molecule is Cc1cccc(C=NC2CC3(CCC3)C2)c1O. The minimum atomic E-state index is 0.369. The van der Waals surface area contributed by atoms with Gasteiger partial charge in [0.1, 0.15) is 5.75 Å². The molecule has 2 fully saturated rings. The standard InChI is InChI=1S/C15H19NO/c1-11-4-2-5-12(14(11)17)10-16-13-8-15(9-13)6-3-7-15/h2,4-5,10,13,17H,3,6-9H2,1H3. The van der Waals surface area contributed by atoms with Crippen LogP contribution in [0.5, 0.6) is 5.75 Å². The number of phenols is 1. The summed E-state index contributed by atoms with van der Waals surface area (Å²) in [6.07, 6.45) is 8.60. The van der Waals surface area contributed by atoms with Crippen LogP contribution in [0.3, 0.4) is 0 Å². The van der Waals surface area contributed by atoms with E-state index in [9.17, 15) is 5.11 Å². The first-order chi connectivity index (χ1) is 8.19. The van der Waals surface area contributed by atoms with E-state index in [4.69, 9.17) is 0 Å². The molecule has 0 aromatic heterocycles. The minimum absolute atomic E-state index is 0.369. The molecular weight excluding hydrogens is 210 g/mol. The van der Waals surface area contributed by atoms with E-state index >= 15 is 0 Å². The summed E-state index contributed by atoms with van der Waals surface area (Å²) in [4.78, 5) is 4.59. The van der Waals surface area contributed by atoms with Gasteiger partial charge in [-0.15, -0.1) is 0 Å². The largest absolute Gasteiger partial charge is 0.507 e. The Morgan fingerprint density at radius 2 is 2.12 bits per heavy atom. The molecule has 2 aliphatic rings. The molecule has 17 heavy (non-hydrogen) atoms. The second kappa shape index (κ2) is 3.86. The maximum absolute atomic E-state index is 9.87. The van der Waals surface area contributed by atoms with E-state index in [1.165, 1.54) is 32.1 Å². The molecule has 2 nitrogen and oxygen atoms in total. The van der Waals surface area contributed by atoms with Gasteiger partial charge in [0.2, 0.25) is 0 Å². The van der Waals surface area contributed by atoms with E-state index in [0.29, 0.717) is 17.2 Å². The first-order valence-electron chi connectivity index (χ1n) is 6.50. The van der Waals surface area contributed by atoms with Crippen molar-refractivity contribution in [3.05, 3.63) is 29.3 Å². The number of para-hydroxylation sites is 1. The van der Waals surface area contributed by atoms with Gasteiger partial charge < -0.3 is 5.11 Å². The Bertz CT molecular complexity index is 452. The lowest BCUT2D eigenvalue weighted by Gasteiger charge is -2.52. The summed E-state index contributed by atoms with van der Waals surface area (Å²) >= 11 is 0. The monoisotopic (exact) mass is 229 g/mol. The van der Waals surface area contributed by atoms with Crippen molar-refractivity contribution >= 4 is 6.21 Å². The third kappa shape index (κ3) is 1.86. The molecule has 2 heteroatoms. The normalized spacial score (nSPS) is 22.6. The highest BCUT2D eigenvalue weighted by Gasteiger charge is 2.47. The summed E-state index contributed by atoms with van der Waals surface area (Å²) in [6.45, 7) is 1.92. The van der Waals surface area contributed by atoms with E-state index in [0.717, 1.165) is 11.1 Å². The Morgan fingerprint density at radius 3 is 2.76 bits per heavy atom. The first-order valence-corrected chi connectivity index (χ1v) is 6.50. The van der Waals surface area contributed by atoms with Gasteiger partial charge in [-0.25, -0.2) is 0 Å². The zero-order valence-corrected chi connectivity index (χ0v) is 10.3. The van der Waals surface area contributed by atoms with E-state index in [2.05, 4.69) is 4.99 Å². The Balaban J connectivity index is 1.65. The predicted molar refractivity (Wildman–Crippen MR) is 69.7 cm³/mol. The summed E-state index contributed by atoms with van der Waals surface area (Å²) in [5.74, 6) is 0.369. The van der Waals surface area contributed by atoms with Crippen molar-refractivity contribution in [1.82, 2.24) is 0 Å². The van der Waals surface area contributed by atoms with Gasteiger partial charge in [-0.1, -0.05) is 18.6 Å². The Kier molecular flexibility index (Phi) is 2.46. The van der Waals surface area contributed by atoms with Crippen molar-refractivity contribution in [1.29, 1.82) is 0 Å². The second-order valence-corrected chi connectivity index (χ2v) is 5.71. The number of aromatic hydroxyl groups is 1. The molecule has 1 aromatic rings. The predicted octanol–water partition coefficient (Wildman–Crippen LogP) is 3.45. The van der Waals surface area contributed by atoms with Crippen LogP contribution < -0.4 is 0 Å². The molecule has 1 N–H and O–H groups in total. The molecule has 0 amide bonds. The number of aliphatic imine (C=N–C) groups is 1. The lowest BCUT2D eigenvalue weighted by atomic mass is 9.54. The van der Waals surface area contributed by atoms with Gasteiger partial charge in [0, 0.05) is 11.8 Å². The van der Waals surface area contributed by atoms with Crippen LogP contribution in [0, 0.1) is 12.3 Å². The molecule has 0 atom stereocenters. The lowest BCUT2D eigenvalue weighted by Crippen LogP contribution is -2.44. The highest BCUT2D eigenvalue weighted by atomic mass is 16.3. The second-order valence-electron chi connectivity index (χ2n) is 5.71. The molecule has 3 rings (SSSR count). The zero-order chi connectivity index (χ0) is 11.9. The van der Waals surface area contributed by atoms with Crippen LogP contribution in [-0.4, -0.2) is 17.4 Å². The quantitative estimate of drug-likeness (QED) is 0.774. The molecule has 0 radical (unpaired) electrons. The molecule has 1 aromatic carbocycles. The highest BCUT2D eigenvalue weighted by Crippen LogP contribution is 2.56. The fourth-order valence-electron chi connectivity index (χ4n) is 3.10. The smallest absolute Gasteiger partial charge is 0.127 e. The van der Waals surface area contributed by atoms with Crippen LogP contribution in [0.4, 0.5) is 0 Å². The average Bonchev–Trinajstić information content (AvgIpc) is 2.19. The summed E-state index contributed by atoms with van der Waals surface area (Å²) in [5.41, 5.74) is 2.44. The van der Waals surface area contributed by atoms with E-state index in [1.807, 2.05) is 31.3 Å². The molecule has 0 unspecified atom stereocenters. The van der Waals surface area contributed by atoms with Crippen LogP contribution >= 0.6 is 0 Å². The number of nitrogens with zero attached hydrogens (tertiary/aromatic N) is 1. The number of aryl methyl sites for hydroxylation is 1. The fourth-order valence-corrected chi connectivity index (χ4v) is 3.10. The topological polar surface area (TPSA) is 32.6 Å². The van der Waals surface area contributed by atoms with Gasteiger partial charge in [0.15, 0.2) is 0 Å². The number of hydrogen-bond donors (Lipinski definition) is 1. The number of rotatable bonds is 2. The van der Waals surface area contributed by atoms with Crippen molar-refractivity contribution in [3.63, 3.8) is 0 Å².